The molecular weight excluding hydrogens is 362 g/mol. The number of hydrogen-bond donors (Lipinski definition) is 0. The largest absolute Gasteiger partial charge is 0.460 e. The molecule has 0 fully saturated rings. The SMILES string of the molecule is CCOC[C@H](CC(=O)OC(C)(C)C)N(Cc1ccccc1)[C@H](C)c1ccccc1. The van der Waals surface area contributed by atoms with Crippen molar-refractivity contribution in [1.82, 2.24) is 4.90 Å². The Balaban J connectivity index is 2.30. The molecule has 2 aromatic rings. The van der Waals surface area contributed by atoms with Crippen molar-refractivity contribution in [3.63, 3.8) is 0 Å². The molecule has 0 radical (unpaired) electrons. The van der Waals surface area contributed by atoms with E-state index in [4.69, 9.17) is 9.47 Å². The molecule has 0 unspecified atom stereocenters. The number of esters is 1. The minimum absolute atomic E-state index is 0.0831. The smallest absolute Gasteiger partial charge is 0.307 e. The molecule has 0 aliphatic rings. The van der Waals surface area contributed by atoms with E-state index in [1.807, 2.05) is 52.0 Å². The van der Waals surface area contributed by atoms with Crippen molar-refractivity contribution in [2.45, 2.75) is 65.3 Å². The van der Waals surface area contributed by atoms with E-state index in [1.165, 1.54) is 11.1 Å². The molecule has 0 spiro atoms. The van der Waals surface area contributed by atoms with Crippen LogP contribution in [0.5, 0.6) is 0 Å². The first-order chi connectivity index (χ1) is 13.8. The van der Waals surface area contributed by atoms with E-state index < -0.39 is 5.60 Å². The lowest BCUT2D eigenvalue weighted by Crippen LogP contribution is -2.42. The van der Waals surface area contributed by atoms with Crippen molar-refractivity contribution < 1.29 is 14.3 Å². The van der Waals surface area contributed by atoms with Gasteiger partial charge in [-0.25, -0.2) is 0 Å². The first kappa shape index (κ1) is 23.1. The molecule has 0 aliphatic heterocycles. The van der Waals surface area contributed by atoms with E-state index in [-0.39, 0.29) is 18.1 Å². The molecule has 0 aliphatic carbocycles. The maximum atomic E-state index is 12.6. The molecular formula is C25H35NO3. The van der Waals surface area contributed by atoms with Crippen molar-refractivity contribution in [1.29, 1.82) is 0 Å². The van der Waals surface area contributed by atoms with E-state index in [2.05, 4.69) is 48.2 Å². The molecule has 4 heteroatoms. The fraction of sp³-hybridized carbons (Fsp3) is 0.480. The zero-order valence-corrected chi connectivity index (χ0v) is 18.4. The summed E-state index contributed by atoms with van der Waals surface area (Å²) < 4.78 is 11.4. The highest BCUT2D eigenvalue weighted by Crippen LogP contribution is 2.27. The van der Waals surface area contributed by atoms with E-state index in [0.717, 1.165) is 6.54 Å². The van der Waals surface area contributed by atoms with E-state index in [9.17, 15) is 4.79 Å². The summed E-state index contributed by atoms with van der Waals surface area (Å²) in [5.74, 6) is -0.194. The first-order valence-corrected chi connectivity index (χ1v) is 10.4. The lowest BCUT2D eigenvalue weighted by atomic mass is 10.0. The molecule has 0 saturated carbocycles. The second-order valence-corrected chi connectivity index (χ2v) is 8.35. The van der Waals surface area contributed by atoms with Crippen molar-refractivity contribution in [3.8, 4) is 0 Å². The van der Waals surface area contributed by atoms with Crippen LogP contribution < -0.4 is 0 Å². The monoisotopic (exact) mass is 397 g/mol. The molecule has 29 heavy (non-hydrogen) atoms. The third kappa shape index (κ3) is 8.00. The summed E-state index contributed by atoms with van der Waals surface area (Å²) in [7, 11) is 0. The highest BCUT2D eigenvalue weighted by atomic mass is 16.6. The predicted molar refractivity (Wildman–Crippen MR) is 118 cm³/mol. The quantitative estimate of drug-likeness (QED) is 0.504. The van der Waals surface area contributed by atoms with Gasteiger partial charge in [0.25, 0.3) is 0 Å². The average Bonchev–Trinajstić information content (AvgIpc) is 2.69. The van der Waals surface area contributed by atoms with E-state index in [0.29, 0.717) is 19.6 Å². The number of rotatable bonds is 10. The van der Waals surface area contributed by atoms with Crippen molar-refractivity contribution in [2.75, 3.05) is 13.2 Å². The topological polar surface area (TPSA) is 38.8 Å². The Morgan fingerprint density at radius 2 is 1.59 bits per heavy atom. The second-order valence-electron chi connectivity index (χ2n) is 8.35. The Labute approximate surface area is 175 Å². The van der Waals surface area contributed by atoms with Gasteiger partial charge in [-0.05, 0) is 45.7 Å². The van der Waals surface area contributed by atoms with Crippen molar-refractivity contribution in [2.24, 2.45) is 0 Å². The molecule has 0 amide bonds. The summed E-state index contributed by atoms with van der Waals surface area (Å²) in [4.78, 5) is 15.0. The number of benzene rings is 2. The van der Waals surface area contributed by atoms with Crippen LogP contribution in [0.25, 0.3) is 0 Å². The Kier molecular flexibility index (Phi) is 8.87. The lowest BCUT2D eigenvalue weighted by molar-refractivity contribution is -0.157. The molecule has 0 bridgehead atoms. The summed E-state index contributed by atoms with van der Waals surface area (Å²) in [6, 6.07) is 20.8. The van der Waals surface area contributed by atoms with Crippen LogP contribution in [0.15, 0.2) is 60.7 Å². The summed E-state index contributed by atoms with van der Waals surface area (Å²) >= 11 is 0. The van der Waals surface area contributed by atoms with Gasteiger partial charge in [-0.3, -0.25) is 9.69 Å². The molecule has 0 aromatic heterocycles. The zero-order valence-electron chi connectivity index (χ0n) is 18.4. The van der Waals surface area contributed by atoms with Crippen LogP contribution in [0.4, 0.5) is 0 Å². The van der Waals surface area contributed by atoms with Gasteiger partial charge < -0.3 is 9.47 Å². The Hall–Kier alpha value is -2.17. The number of ether oxygens (including phenoxy) is 2. The highest BCUT2D eigenvalue weighted by molar-refractivity contribution is 5.70. The van der Waals surface area contributed by atoms with Gasteiger partial charge >= 0.3 is 5.97 Å². The minimum Gasteiger partial charge on any atom is -0.460 e. The molecule has 0 saturated heterocycles. The van der Waals surface area contributed by atoms with Gasteiger partial charge in [0.15, 0.2) is 0 Å². The Morgan fingerprint density at radius 1 is 1.00 bits per heavy atom. The molecule has 158 valence electrons. The van der Waals surface area contributed by atoms with Crippen LogP contribution in [-0.2, 0) is 20.8 Å². The fourth-order valence-electron chi connectivity index (χ4n) is 3.40. The minimum atomic E-state index is -0.497. The van der Waals surface area contributed by atoms with Crippen LogP contribution >= 0.6 is 0 Å². The van der Waals surface area contributed by atoms with Crippen LogP contribution in [0.2, 0.25) is 0 Å². The van der Waals surface area contributed by atoms with Crippen molar-refractivity contribution in [3.05, 3.63) is 71.8 Å². The molecule has 0 N–H and O–H groups in total. The first-order valence-electron chi connectivity index (χ1n) is 10.4. The zero-order chi connectivity index (χ0) is 21.3. The summed E-state index contributed by atoms with van der Waals surface area (Å²) in [5, 5.41) is 0. The summed E-state index contributed by atoms with van der Waals surface area (Å²) in [6.07, 6.45) is 0.293. The summed E-state index contributed by atoms with van der Waals surface area (Å²) in [6.45, 7) is 11.7. The fourth-order valence-corrected chi connectivity index (χ4v) is 3.40. The molecule has 2 atom stereocenters. The van der Waals surface area contributed by atoms with E-state index in [1.54, 1.807) is 0 Å². The average molecular weight is 398 g/mol. The van der Waals surface area contributed by atoms with Crippen LogP contribution in [0, 0.1) is 0 Å². The number of carbonyl (C=O) groups is 1. The Morgan fingerprint density at radius 3 is 2.14 bits per heavy atom. The number of hydrogen-bond acceptors (Lipinski definition) is 4. The second kappa shape index (κ2) is 11.1. The van der Waals surface area contributed by atoms with E-state index >= 15 is 0 Å². The third-order valence-electron chi connectivity index (χ3n) is 4.79. The van der Waals surface area contributed by atoms with Gasteiger partial charge in [-0.1, -0.05) is 60.7 Å². The van der Waals surface area contributed by atoms with Gasteiger partial charge in [-0.2, -0.15) is 0 Å². The standard InChI is InChI=1S/C25H35NO3/c1-6-28-19-23(17-24(27)29-25(3,4)5)26(18-21-13-9-7-10-14-21)20(2)22-15-11-8-12-16-22/h7-16,20,23H,6,17-19H2,1-5H3/t20-,23+/m1/s1. The highest BCUT2D eigenvalue weighted by Gasteiger charge is 2.29. The third-order valence-corrected chi connectivity index (χ3v) is 4.79. The van der Waals surface area contributed by atoms with Gasteiger partial charge in [0.05, 0.1) is 13.0 Å². The van der Waals surface area contributed by atoms with Crippen LogP contribution in [0.3, 0.4) is 0 Å². The maximum Gasteiger partial charge on any atom is 0.307 e. The lowest BCUT2D eigenvalue weighted by Gasteiger charge is -2.37. The van der Waals surface area contributed by atoms with Gasteiger partial charge in [0.1, 0.15) is 5.60 Å². The van der Waals surface area contributed by atoms with Gasteiger partial charge in [0.2, 0.25) is 0 Å². The normalized spacial score (nSPS) is 13.9. The summed E-state index contributed by atoms with van der Waals surface area (Å²) in [5.41, 5.74) is 1.93. The number of nitrogens with zero attached hydrogens (tertiary/aromatic N) is 1. The predicted octanol–water partition coefficient (Wildman–Crippen LogP) is 5.39. The molecule has 0 heterocycles. The molecule has 2 aromatic carbocycles. The maximum absolute atomic E-state index is 12.6. The van der Waals surface area contributed by atoms with Crippen LogP contribution in [-0.4, -0.2) is 35.7 Å². The van der Waals surface area contributed by atoms with Gasteiger partial charge in [-0.15, -0.1) is 0 Å². The molecule has 2 rings (SSSR count). The number of carbonyl (C=O) groups excluding carboxylic acids is 1. The van der Waals surface area contributed by atoms with Gasteiger partial charge in [0, 0.05) is 25.2 Å². The molecule has 4 nitrogen and oxygen atoms in total. The van der Waals surface area contributed by atoms with Crippen LogP contribution in [0.1, 0.15) is 58.2 Å². The Bertz CT molecular complexity index is 725. The van der Waals surface area contributed by atoms with Crippen molar-refractivity contribution >= 4 is 5.97 Å².